The van der Waals surface area contributed by atoms with Crippen molar-refractivity contribution in [2.24, 2.45) is 0 Å². The Morgan fingerprint density at radius 1 is 0.625 bits per heavy atom. The molecule has 0 spiro atoms. The van der Waals surface area contributed by atoms with Gasteiger partial charge in [-0.2, -0.15) is 0 Å². The van der Waals surface area contributed by atoms with E-state index >= 15 is 0 Å². The van der Waals surface area contributed by atoms with Crippen LogP contribution in [0.25, 0.3) is 0 Å². The predicted molar refractivity (Wildman–Crippen MR) is 160 cm³/mol. The van der Waals surface area contributed by atoms with Gasteiger partial charge >= 0.3 is 11.9 Å². The molecule has 0 aliphatic carbocycles. The lowest BCUT2D eigenvalue weighted by Crippen LogP contribution is -2.31. The van der Waals surface area contributed by atoms with Gasteiger partial charge in [-0.3, -0.25) is 9.97 Å². The standard InChI is InChI=1S/C14H14N4.2C7H6O6S.2H2O/c1-2-14(10-18-8-6-16-12-18)4-3-13(1)9-17-7-5-15-11-17;2*8-6-2-1-4(14(11,12)13)3-5(6)7(9)10;;/h1-8,11-12H,9-10H2;2*1-3,8H,(H,9,10)(H,11,12,13);2*1H2. The van der Waals surface area contributed by atoms with Gasteiger partial charge in [-0.05, 0) is 47.5 Å². The molecule has 0 saturated heterocycles. The summed E-state index contributed by atoms with van der Waals surface area (Å²) in [5.41, 5.74) is 1.37. The highest BCUT2D eigenvalue weighted by Gasteiger charge is 2.13. The van der Waals surface area contributed by atoms with E-state index in [9.17, 15) is 35.5 Å². The summed E-state index contributed by atoms with van der Waals surface area (Å²) in [4.78, 5) is 25.6. The molecule has 2 aromatic heterocycles. The lowest BCUT2D eigenvalue weighted by atomic mass is 10.1. The summed E-state index contributed by atoms with van der Waals surface area (Å²) < 4.78 is 67.2. The van der Waals surface area contributed by atoms with Crippen LogP contribution in [0.3, 0.4) is 0 Å². The molecule has 18 nitrogen and oxygen atoms in total. The number of carboxylic acid groups (broad SMARTS) is 2. The number of H-pyrrole nitrogens is 2. The largest absolute Gasteiger partial charge is 0.744 e. The fourth-order valence-corrected chi connectivity index (χ4v) is 4.69. The lowest BCUT2D eigenvalue weighted by Gasteiger charge is -2.08. The minimum Gasteiger partial charge on any atom is -0.744 e. The molecule has 0 unspecified atom stereocenters. The molecule has 5 rings (SSSR count). The molecule has 3 aromatic carbocycles. The summed E-state index contributed by atoms with van der Waals surface area (Å²) in [5, 5.41) is 35.0. The number of aromatic amines is 2. The van der Waals surface area contributed by atoms with Crippen LogP contribution in [-0.4, -0.2) is 79.2 Å². The van der Waals surface area contributed by atoms with Crippen molar-refractivity contribution in [3.05, 3.63) is 120 Å². The Labute approximate surface area is 272 Å². The SMILES string of the molecule is O.O.O=C(O)c1cc(S(=O)(=O)[O-])ccc1O.O=C(O)c1cc(S(=O)(=O)[O-])ccc1O.c1c[n+](Cc2ccc(C[n+]3cc[nH]c3)cc2)c[nH]1. The molecule has 5 aromatic rings. The van der Waals surface area contributed by atoms with Crippen molar-refractivity contribution in [1.82, 2.24) is 9.97 Å². The Balaban J connectivity index is 0.000000358. The third kappa shape index (κ3) is 11.9. The molecule has 258 valence electrons. The summed E-state index contributed by atoms with van der Waals surface area (Å²) in [7, 11) is -9.40. The number of benzene rings is 3. The molecule has 0 bridgehead atoms. The van der Waals surface area contributed by atoms with E-state index in [-0.39, 0.29) is 11.0 Å². The Morgan fingerprint density at radius 3 is 1.21 bits per heavy atom. The maximum absolute atomic E-state index is 10.5. The average Bonchev–Trinajstić information content (AvgIpc) is 3.68. The highest BCUT2D eigenvalue weighted by atomic mass is 32.2. The summed E-state index contributed by atoms with van der Waals surface area (Å²) in [5.74, 6) is -4.20. The number of aromatic hydroxyl groups is 2. The molecule has 0 fully saturated rings. The van der Waals surface area contributed by atoms with Gasteiger partial charge in [-0.25, -0.2) is 35.6 Å². The van der Waals surface area contributed by atoms with Gasteiger partial charge in [0.25, 0.3) is 0 Å². The van der Waals surface area contributed by atoms with Crippen LogP contribution < -0.4 is 9.13 Å². The van der Waals surface area contributed by atoms with E-state index in [0.29, 0.717) is 12.1 Å². The Kier molecular flexibility index (Phi) is 14.6. The van der Waals surface area contributed by atoms with Crippen LogP contribution in [0.4, 0.5) is 0 Å². The average molecular weight is 711 g/mol. The second-order valence-electron chi connectivity index (χ2n) is 9.26. The number of rotatable bonds is 8. The van der Waals surface area contributed by atoms with Crippen molar-refractivity contribution in [3.8, 4) is 11.5 Å². The first kappa shape index (κ1) is 40.4. The highest BCUT2D eigenvalue weighted by molar-refractivity contribution is 7.86. The number of hydrogen-bond donors (Lipinski definition) is 6. The molecular weight excluding hydrogens is 680 g/mol. The van der Waals surface area contributed by atoms with E-state index < -0.39 is 64.6 Å². The van der Waals surface area contributed by atoms with Crippen LogP contribution in [0.2, 0.25) is 0 Å². The second-order valence-corrected chi connectivity index (χ2v) is 12.0. The van der Waals surface area contributed by atoms with Crippen LogP contribution in [0, 0.1) is 0 Å². The zero-order valence-electron chi connectivity index (χ0n) is 24.4. The maximum atomic E-state index is 10.5. The Hall–Kier alpha value is -5.64. The fraction of sp³-hybridized carbons (Fsp3) is 0.0714. The number of hydrogen-bond acceptors (Lipinski definition) is 10. The second kappa shape index (κ2) is 17.3. The topological polar surface area (TPSA) is 332 Å². The Bertz CT molecular complexity index is 1870. The van der Waals surface area contributed by atoms with Gasteiger partial charge in [-0.1, -0.05) is 24.3 Å². The summed E-state index contributed by atoms with van der Waals surface area (Å²) >= 11 is 0. The van der Waals surface area contributed by atoms with E-state index in [4.69, 9.17) is 20.4 Å². The summed E-state index contributed by atoms with van der Waals surface area (Å²) in [6, 6.07) is 13.3. The number of carboxylic acids is 2. The first-order valence-corrected chi connectivity index (χ1v) is 15.5. The van der Waals surface area contributed by atoms with Crippen molar-refractivity contribution in [2.45, 2.75) is 22.9 Å². The van der Waals surface area contributed by atoms with Crippen LogP contribution in [0.5, 0.6) is 11.5 Å². The minimum atomic E-state index is -4.70. The first-order chi connectivity index (χ1) is 21.5. The molecule has 0 atom stereocenters. The smallest absolute Gasteiger partial charge is 0.339 e. The van der Waals surface area contributed by atoms with Crippen molar-refractivity contribution in [3.63, 3.8) is 0 Å². The highest BCUT2D eigenvalue weighted by Crippen LogP contribution is 2.22. The number of nitrogens with one attached hydrogen (secondary N) is 2. The molecule has 2 heterocycles. The van der Waals surface area contributed by atoms with Gasteiger partial charge in [0.2, 0.25) is 12.7 Å². The minimum absolute atomic E-state index is 0. The Morgan fingerprint density at radius 2 is 0.958 bits per heavy atom. The molecule has 0 saturated carbocycles. The number of carbonyl (C=O) groups is 2. The van der Waals surface area contributed by atoms with E-state index in [1.54, 1.807) is 0 Å². The van der Waals surface area contributed by atoms with Crippen LogP contribution in [0.15, 0.2) is 108 Å². The fourth-order valence-electron chi connectivity index (χ4n) is 3.69. The monoisotopic (exact) mass is 710 g/mol. The molecule has 0 aliphatic rings. The molecule has 48 heavy (non-hydrogen) atoms. The zero-order valence-corrected chi connectivity index (χ0v) is 26.1. The van der Waals surface area contributed by atoms with E-state index in [1.807, 2.05) is 37.4 Å². The van der Waals surface area contributed by atoms with Crippen molar-refractivity contribution < 1.29 is 76.0 Å². The summed E-state index contributed by atoms with van der Waals surface area (Å²) in [6.07, 6.45) is 11.8. The van der Waals surface area contributed by atoms with Crippen LogP contribution >= 0.6 is 0 Å². The lowest BCUT2D eigenvalue weighted by molar-refractivity contribution is -0.687. The first-order valence-electron chi connectivity index (χ1n) is 12.7. The molecule has 0 radical (unpaired) electrons. The number of phenols is 2. The molecule has 20 heteroatoms. The van der Waals surface area contributed by atoms with E-state index in [1.165, 1.54) is 11.1 Å². The van der Waals surface area contributed by atoms with Crippen molar-refractivity contribution in [2.75, 3.05) is 0 Å². The number of nitrogens with zero attached hydrogens (tertiary/aromatic N) is 2. The van der Waals surface area contributed by atoms with Crippen molar-refractivity contribution >= 4 is 32.2 Å². The van der Waals surface area contributed by atoms with E-state index in [2.05, 4.69) is 43.4 Å². The molecular formula is C28H30N4O14S2. The van der Waals surface area contributed by atoms with Gasteiger partial charge < -0.3 is 40.5 Å². The number of aromatic nitrogens is 4. The quantitative estimate of drug-likeness (QED) is 0.0865. The number of imidazole rings is 2. The zero-order chi connectivity index (χ0) is 34.1. The van der Waals surface area contributed by atoms with Gasteiger partial charge in [0.15, 0.2) is 0 Å². The van der Waals surface area contributed by atoms with Crippen LogP contribution in [0.1, 0.15) is 31.8 Å². The van der Waals surface area contributed by atoms with Crippen LogP contribution in [-0.2, 0) is 33.3 Å². The van der Waals surface area contributed by atoms with Gasteiger partial charge in [-0.15, -0.1) is 0 Å². The number of aromatic carboxylic acids is 2. The molecule has 10 N–H and O–H groups in total. The third-order valence-electron chi connectivity index (χ3n) is 5.93. The van der Waals surface area contributed by atoms with Gasteiger partial charge in [0, 0.05) is 0 Å². The predicted octanol–water partition coefficient (Wildman–Crippen LogP) is -0.646. The third-order valence-corrected chi connectivity index (χ3v) is 7.60. The normalized spacial score (nSPS) is 10.5. The molecule has 0 amide bonds. The van der Waals surface area contributed by atoms with Gasteiger partial charge in [0.05, 0.1) is 9.79 Å². The van der Waals surface area contributed by atoms with Gasteiger partial charge in [0.1, 0.15) is 80.7 Å². The van der Waals surface area contributed by atoms with Crippen molar-refractivity contribution in [1.29, 1.82) is 0 Å². The molecule has 0 aliphatic heterocycles. The maximum Gasteiger partial charge on any atom is 0.339 e. The summed E-state index contributed by atoms with van der Waals surface area (Å²) in [6.45, 7) is 1.81. The van der Waals surface area contributed by atoms with E-state index in [0.717, 1.165) is 37.4 Å².